The predicted octanol–water partition coefficient (Wildman–Crippen LogP) is 4.78. The molecule has 0 aromatic rings. The largest absolute Gasteiger partial charge is 0.0625 e. The van der Waals surface area contributed by atoms with Crippen LogP contribution in [0.1, 0.15) is 71.1 Å². The molecular weight excluding hydrogens is 168 g/mol. The molecule has 0 radical (unpaired) electrons. The first-order valence-electron chi connectivity index (χ1n) is 6.84. The van der Waals surface area contributed by atoms with Crippen LogP contribution in [0.15, 0.2) is 0 Å². The molecule has 0 amide bonds. The summed E-state index contributed by atoms with van der Waals surface area (Å²) in [4.78, 5) is 0. The average Bonchev–Trinajstić information content (AvgIpc) is 2.08. The van der Waals surface area contributed by atoms with Crippen LogP contribution in [0.5, 0.6) is 0 Å². The predicted molar refractivity (Wildman–Crippen MR) is 62.3 cm³/mol. The smallest absolute Gasteiger partial charge is 0.0409 e. The fourth-order valence-corrected chi connectivity index (χ4v) is 3.29. The van der Waals surface area contributed by atoms with Crippen molar-refractivity contribution in [3.63, 3.8) is 0 Å². The van der Waals surface area contributed by atoms with E-state index in [1.165, 1.54) is 44.9 Å². The zero-order chi connectivity index (χ0) is 9.80. The molecule has 3 aliphatic carbocycles. The second-order valence-electron chi connectivity index (χ2n) is 5.88. The molecule has 0 N–H and O–H groups in total. The van der Waals surface area contributed by atoms with Crippen molar-refractivity contribution in [2.75, 3.05) is 0 Å². The van der Waals surface area contributed by atoms with Gasteiger partial charge >= 0.3 is 0 Å². The van der Waals surface area contributed by atoms with Crippen LogP contribution in [0.3, 0.4) is 0 Å². The number of hydrogen-bond acceptors (Lipinski definition) is 0. The van der Waals surface area contributed by atoms with E-state index < -0.39 is 0 Å². The first-order valence-corrected chi connectivity index (χ1v) is 6.84. The second kappa shape index (κ2) is 5.19. The van der Waals surface area contributed by atoms with E-state index in [0.717, 1.165) is 17.8 Å². The van der Waals surface area contributed by atoms with Crippen molar-refractivity contribution in [1.82, 2.24) is 0 Å². The van der Waals surface area contributed by atoms with Crippen LogP contribution in [0.25, 0.3) is 0 Å². The highest BCUT2D eigenvalue weighted by Gasteiger charge is 2.28. The molecule has 0 heterocycles. The standard InChI is InChI=1S/C14H26/c1-12-6-4-2-3-5-7-13-10-14(11-13)9-8-12/h12-14H,2-11H2,1H3. The molecule has 0 heteroatoms. The third-order valence-corrected chi connectivity index (χ3v) is 4.46. The van der Waals surface area contributed by atoms with E-state index in [1.807, 2.05) is 0 Å². The van der Waals surface area contributed by atoms with Crippen molar-refractivity contribution in [2.45, 2.75) is 71.1 Å². The van der Waals surface area contributed by atoms with Gasteiger partial charge < -0.3 is 0 Å². The molecule has 0 aromatic carbocycles. The molecule has 3 fully saturated rings. The maximum Gasteiger partial charge on any atom is -0.0409 e. The summed E-state index contributed by atoms with van der Waals surface area (Å²) in [6, 6.07) is 0. The zero-order valence-corrected chi connectivity index (χ0v) is 9.80. The first kappa shape index (κ1) is 10.5. The Morgan fingerprint density at radius 1 is 0.643 bits per heavy atom. The van der Waals surface area contributed by atoms with Crippen molar-refractivity contribution < 1.29 is 0 Å². The summed E-state index contributed by atoms with van der Waals surface area (Å²) in [6.07, 6.45) is 15.3. The Morgan fingerprint density at radius 3 is 2.07 bits per heavy atom. The third-order valence-electron chi connectivity index (χ3n) is 4.46. The molecule has 82 valence electrons. The quantitative estimate of drug-likeness (QED) is 0.520. The maximum atomic E-state index is 2.46. The molecule has 3 aliphatic rings. The Balaban J connectivity index is 1.73. The highest BCUT2D eigenvalue weighted by atomic mass is 14.3. The molecule has 0 saturated heterocycles. The lowest BCUT2D eigenvalue weighted by Gasteiger charge is -2.36. The van der Waals surface area contributed by atoms with Gasteiger partial charge in [0.25, 0.3) is 0 Å². The molecule has 3 rings (SSSR count). The van der Waals surface area contributed by atoms with Gasteiger partial charge in [-0.05, 0) is 30.6 Å². The fourth-order valence-electron chi connectivity index (χ4n) is 3.29. The van der Waals surface area contributed by atoms with Gasteiger partial charge in [0.15, 0.2) is 0 Å². The minimum absolute atomic E-state index is 1.01. The van der Waals surface area contributed by atoms with E-state index in [0.29, 0.717) is 0 Å². The first-order chi connectivity index (χ1) is 6.84. The van der Waals surface area contributed by atoms with Gasteiger partial charge in [-0.3, -0.25) is 0 Å². The normalized spacial score (nSPS) is 40.5. The van der Waals surface area contributed by atoms with Gasteiger partial charge in [0.2, 0.25) is 0 Å². The molecule has 0 aromatic heterocycles. The summed E-state index contributed by atoms with van der Waals surface area (Å²) in [5, 5.41) is 0. The summed E-state index contributed by atoms with van der Waals surface area (Å²) < 4.78 is 0. The lowest BCUT2D eigenvalue weighted by Crippen LogP contribution is -2.24. The molecular formula is C14H26. The topological polar surface area (TPSA) is 0 Å². The lowest BCUT2D eigenvalue weighted by atomic mass is 9.69. The minimum Gasteiger partial charge on any atom is -0.0625 e. The summed E-state index contributed by atoms with van der Waals surface area (Å²) in [5.74, 6) is 3.27. The van der Waals surface area contributed by atoms with Gasteiger partial charge in [0, 0.05) is 0 Å². The van der Waals surface area contributed by atoms with Gasteiger partial charge in [-0.2, -0.15) is 0 Å². The highest BCUT2D eigenvalue weighted by Crippen LogP contribution is 2.41. The fraction of sp³-hybridized carbons (Fsp3) is 1.00. The van der Waals surface area contributed by atoms with Crippen LogP contribution in [0, 0.1) is 17.8 Å². The lowest BCUT2D eigenvalue weighted by molar-refractivity contribution is 0.155. The van der Waals surface area contributed by atoms with Crippen LogP contribution in [0.4, 0.5) is 0 Å². The summed E-state index contributed by atoms with van der Waals surface area (Å²) >= 11 is 0. The summed E-state index contributed by atoms with van der Waals surface area (Å²) in [5.41, 5.74) is 0. The SMILES string of the molecule is CC1CCCCCCC2CC(CC1)C2. The maximum absolute atomic E-state index is 2.46. The van der Waals surface area contributed by atoms with E-state index >= 15 is 0 Å². The van der Waals surface area contributed by atoms with E-state index in [9.17, 15) is 0 Å². The number of fused-ring (bicyclic) bond motifs is 8. The van der Waals surface area contributed by atoms with Crippen molar-refractivity contribution in [2.24, 2.45) is 17.8 Å². The van der Waals surface area contributed by atoms with Crippen molar-refractivity contribution in [1.29, 1.82) is 0 Å². The summed E-state index contributed by atoms with van der Waals surface area (Å²) in [6.45, 7) is 2.46. The van der Waals surface area contributed by atoms with Crippen LogP contribution in [0.2, 0.25) is 0 Å². The molecule has 3 saturated carbocycles. The van der Waals surface area contributed by atoms with Crippen molar-refractivity contribution >= 4 is 0 Å². The molecule has 0 nitrogen and oxygen atoms in total. The summed E-state index contributed by atoms with van der Waals surface area (Å²) in [7, 11) is 0. The molecule has 2 bridgehead atoms. The number of rotatable bonds is 0. The van der Waals surface area contributed by atoms with E-state index in [1.54, 1.807) is 19.3 Å². The van der Waals surface area contributed by atoms with Gasteiger partial charge in [-0.1, -0.05) is 58.3 Å². The van der Waals surface area contributed by atoms with E-state index in [4.69, 9.17) is 0 Å². The van der Waals surface area contributed by atoms with Crippen molar-refractivity contribution in [3.8, 4) is 0 Å². The Bertz CT molecular complexity index is 149. The van der Waals surface area contributed by atoms with Gasteiger partial charge in [-0.15, -0.1) is 0 Å². The van der Waals surface area contributed by atoms with Gasteiger partial charge in [0.05, 0.1) is 0 Å². The minimum atomic E-state index is 1.01. The number of hydrogen-bond donors (Lipinski definition) is 0. The van der Waals surface area contributed by atoms with Crippen LogP contribution in [-0.4, -0.2) is 0 Å². The van der Waals surface area contributed by atoms with Crippen LogP contribution < -0.4 is 0 Å². The Hall–Kier alpha value is 0. The van der Waals surface area contributed by atoms with Crippen LogP contribution in [-0.2, 0) is 0 Å². The zero-order valence-electron chi connectivity index (χ0n) is 9.80. The molecule has 1 atom stereocenters. The third kappa shape index (κ3) is 3.00. The average molecular weight is 194 g/mol. The molecule has 0 aliphatic heterocycles. The van der Waals surface area contributed by atoms with E-state index in [-0.39, 0.29) is 0 Å². The van der Waals surface area contributed by atoms with Gasteiger partial charge in [-0.25, -0.2) is 0 Å². The Morgan fingerprint density at radius 2 is 1.29 bits per heavy atom. The highest BCUT2D eigenvalue weighted by molar-refractivity contribution is 4.80. The second-order valence-corrected chi connectivity index (χ2v) is 5.88. The van der Waals surface area contributed by atoms with Crippen molar-refractivity contribution in [3.05, 3.63) is 0 Å². The molecule has 14 heavy (non-hydrogen) atoms. The van der Waals surface area contributed by atoms with E-state index in [2.05, 4.69) is 6.92 Å². The Kier molecular flexibility index (Phi) is 3.89. The molecule has 0 spiro atoms. The molecule has 1 unspecified atom stereocenters. The van der Waals surface area contributed by atoms with Crippen LogP contribution >= 0.6 is 0 Å². The van der Waals surface area contributed by atoms with Gasteiger partial charge in [0.1, 0.15) is 0 Å². The Labute approximate surface area is 89.5 Å². The monoisotopic (exact) mass is 194 g/mol.